The Bertz CT molecular complexity index is 1510. The quantitative estimate of drug-likeness (QED) is 0.373. The van der Waals surface area contributed by atoms with Crippen molar-refractivity contribution in [2.75, 3.05) is 33.2 Å². The molecule has 42 heavy (non-hydrogen) atoms. The van der Waals surface area contributed by atoms with E-state index in [0.29, 0.717) is 11.6 Å². The van der Waals surface area contributed by atoms with Gasteiger partial charge in [-0.1, -0.05) is 54.6 Å². The van der Waals surface area contributed by atoms with E-state index in [9.17, 15) is 26.4 Å². The van der Waals surface area contributed by atoms with E-state index in [-0.39, 0.29) is 18.4 Å². The van der Waals surface area contributed by atoms with Crippen LogP contribution in [-0.4, -0.2) is 57.4 Å². The second-order valence-electron chi connectivity index (χ2n) is 11.1. The normalized spacial score (nSPS) is 18.9. The second kappa shape index (κ2) is 12.5. The maximum Gasteiger partial charge on any atom is 0.416 e. The van der Waals surface area contributed by atoms with E-state index in [1.54, 1.807) is 30.3 Å². The third-order valence-electron chi connectivity index (χ3n) is 7.98. The molecular weight excluding hydrogens is 565 g/mol. The molecule has 224 valence electrons. The monoisotopic (exact) mass is 600 g/mol. The summed E-state index contributed by atoms with van der Waals surface area (Å²) in [5.74, 6) is -0.352. The van der Waals surface area contributed by atoms with Crippen LogP contribution in [0.25, 0.3) is 0 Å². The van der Waals surface area contributed by atoms with Crippen LogP contribution >= 0.6 is 0 Å². The highest BCUT2D eigenvalue weighted by atomic mass is 32.2. The van der Waals surface area contributed by atoms with Crippen LogP contribution in [0.3, 0.4) is 0 Å². The second-order valence-corrected chi connectivity index (χ2v) is 12.8. The molecule has 0 bridgehead atoms. The molecular formula is C31H35F3N4O3S. The van der Waals surface area contributed by atoms with Crippen LogP contribution in [0, 0.1) is 0 Å². The van der Waals surface area contributed by atoms with Crippen molar-refractivity contribution < 1.29 is 26.4 Å². The molecule has 1 aliphatic heterocycles. The molecule has 1 fully saturated rings. The van der Waals surface area contributed by atoms with Gasteiger partial charge in [0.2, 0.25) is 15.9 Å². The average molecular weight is 601 g/mol. The van der Waals surface area contributed by atoms with Crippen molar-refractivity contribution in [2.45, 2.75) is 49.0 Å². The number of nitrogens with zero attached hydrogens (tertiary/aromatic N) is 2. The molecule has 1 saturated heterocycles. The number of aryl methyl sites for hydroxylation is 1. The van der Waals surface area contributed by atoms with Crippen molar-refractivity contribution in [3.63, 3.8) is 0 Å². The number of likely N-dealkylation sites (N-methyl/N-ethyl adjacent to an activating group) is 1. The minimum Gasteiger partial charge on any atom is -0.349 e. The number of carbonyl (C=O) groups excluding carboxylic acids is 1. The van der Waals surface area contributed by atoms with Gasteiger partial charge in [0.05, 0.1) is 22.5 Å². The maximum atomic E-state index is 13.3. The van der Waals surface area contributed by atoms with Crippen molar-refractivity contribution in [3.8, 4) is 0 Å². The largest absolute Gasteiger partial charge is 0.416 e. The standard InChI is InChI=1S/C31H35F3N4O3S/c1-37-14-16-38(17-15-37)21-22-10-12-27-24(18-22)11-13-28(27)35-30(39)20-29(23-6-3-2-4-7-23)36-42(40,41)26-9-5-8-25(19-26)31(32,33)34/h2-10,12,18-19,28-29,36H,11,13-17,20-21H2,1H3,(H,35,39)/t28-,29-/m1/s1. The Labute approximate surface area is 244 Å². The van der Waals surface area contributed by atoms with E-state index in [2.05, 4.69) is 45.1 Å². The first-order chi connectivity index (χ1) is 20.0. The van der Waals surface area contributed by atoms with E-state index in [1.807, 2.05) is 0 Å². The fraction of sp³-hybridized carbons (Fsp3) is 0.387. The lowest BCUT2D eigenvalue weighted by molar-refractivity contribution is -0.137. The number of sulfonamides is 1. The predicted octanol–water partition coefficient (Wildman–Crippen LogP) is 4.67. The Morgan fingerprint density at radius 3 is 2.43 bits per heavy atom. The zero-order valence-electron chi connectivity index (χ0n) is 23.4. The van der Waals surface area contributed by atoms with Gasteiger partial charge in [-0.3, -0.25) is 9.69 Å². The number of nitrogens with one attached hydrogen (secondary N) is 2. The van der Waals surface area contributed by atoms with E-state index in [4.69, 9.17) is 0 Å². The van der Waals surface area contributed by atoms with Crippen molar-refractivity contribution in [2.24, 2.45) is 0 Å². The van der Waals surface area contributed by atoms with Crippen LogP contribution in [-0.2, 0) is 34.0 Å². The van der Waals surface area contributed by atoms with Crippen molar-refractivity contribution >= 4 is 15.9 Å². The molecule has 0 spiro atoms. The number of halogens is 3. The highest BCUT2D eigenvalue weighted by molar-refractivity contribution is 7.89. The topological polar surface area (TPSA) is 81.8 Å². The van der Waals surface area contributed by atoms with Crippen LogP contribution in [0.2, 0.25) is 0 Å². The van der Waals surface area contributed by atoms with Crippen LogP contribution in [0.1, 0.15) is 52.7 Å². The zero-order valence-corrected chi connectivity index (χ0v) is 24.2. The summed E-state index contributed by atoms with van der Waals surface area (Å²) in [6.07, 6.45) is -3.32. The van der Waals surface area contributed by atoms with Gasteiger partial charge in [0.15, 0.2) is 0 Å². The molecule has 1 heterocycles. The Balaban J connectivity index is 1.27. The molecule has 5 rings (SSSR count). The number of hydrogen-bond acceptors (Lipinski definition) is 5. The molecule has 2 N–H and O–H groups in total. The van der Waals surface area contributed by atoms with Gasteiger partial charge in [0.25, 0.3) is 0 Å². The minimum absolute atomic E-state index is 0.193. The highest BCUT2D eigenvalue weighted by Crippen LogP contribution is 2.33. The summed E-state index contributed by atoms with van der Waals surface area (Å²) in [6, 6.07) is 17.3. The molecule has 0 aromatic heterocycles. The van der Waals surface area contributed by atoms with Gasteiger partial charge in [-0.2, -0.15) is 13.2 Å². The van der Waals surface area contributed by atoms with Gasteiger partial charge in [-0.25, -0.2) is 13.1 Å². The lowest BCUT2D eigenvalue weighted by atomic mass is 10.0. The summed E-state index contributed by atoms with van der Waals surface area (Å²) in [7, 11) is -2.24. The summed E-state index contributed by atoms with van der Waals surface area (Å²) in [5, 5.41) is 3.06. The number of fused-ring (bicyclic) bond motifs is 1. The molecule has 2 atom stereocenters. The molecule has 11 heteroatoms. The number of carbonyl (C=O) groups is 1. The summed E-state index contributed by atoms with van der Waals surface area (Å²) in [5.41, 5.74) is 2.98. The Hall–Kier alpha value is -3.25. The zero-order chi connectivity index (χ0) is 29.9. The van der Waals surface area contributed by atoms with Crippen LogP contribution < -0.4 is 10.0 Å². The molecule has 7 nitrogen and oxygen atoms in total. The van der Waals surface area contributed by atoms with E-state index in [0.717, 1.165) is 69.3 Å². The fourth-order valence-corrected chi connectivity index (χ4v) is 6.90. The maximum absolute atomic E-state index is 13.3. The molecule has 2 aliphatic rings. The number of piperazine rings is 1. The highest BCUT2D eigenvalue weighted by Gasteiger charge is 2.33. The van der Waals surface area contributed by atoms with Gasteiger partial charge < -0.3 is 10.2 Å². The smallest absolute Gasteiger partial charge is 0.349 e. The molecule has 0 radical (unpaired) electrons. The van der Waals surface area contributed by atoms with Gasteiger partial charge in [0, 0.05) is 39.1 Å². The number of hydrogen-bond donors (Lipinski definition) is 2. The van der Waals surface area contributed by atoms with Gasteiger partial charge >= 0.3 is 6.18 Å². The van der Waals surface area contributed by atoms with Crippen molar-refractivity contribution in [1.29, 1.82) is 0 Å². The number of rotatable bonds is 9. The summed E-state index contributed by atoms with van der Waals surface area (Å²) < 4.78 is 68.5. The first-order valence-corrected chi connectivity index (χ1v) is 15.5. The van der Waals surface area contributed by atoms with Crippen molar-refractivity contribution in [3.05, 3.63) is 101 Å². The van der Waals surface area contributed by atoms with E-state index in [1.165, 1.54) is 11.1 Å². The Morgan fingerprint density at radius 2 is 1.71 bits per heavy atom. The summed E-state index contributed by atoms with van der Waals surface area (Å²) in [6.45, 7) is 5.07. The molecule has 0 saturated carbocycles. The lowest BCUT2D eigenvalue weighted by Gasteiger charge is -2.32. The molecule has 3 aromatic carbocycles. The minimum atomic E-state index is -4.69. The van der Waals surface area contributed by atoms with Crippen LogP contribution in [0.4, 0.5) is 13.2 Å². The fourth-order valence-electron chi connectivity index (χ4n) is 5.63. The Morgan fingerprint density at radius 1 is 0.976 bits per heavy atom. The van der Waals surface area contributed by atoms with Gasteiger partial charge in [-0.05, 0) is 60.3 Å². The summed E-state index contributed by atoms with van der Waals surface area (Å²) in [4.78, 5) is 17.5. The molecule has 1 aliphatic carbocycles. The number of amides is 1. The number of benzene rings is 3. The molecule has 3 aromatic rings. The van der Waals surface area contributed by atoms with Crippen molar-refractivity contribution in [1.82, 2.24) is 19.8 Å². The third kappa shape index (κ3) is 7.38. The van der Waals surface area contributed by atoms with E-state index >= 15 is 0 Å². The number of alkyl halides is 3. The lowest BCUT2D eigenvalue weighted by Crippen LogP contribution is -2.43. The van der Waals surface area contributed by atoms with Crippen LogP contribution in [0.5, 0.6) is 0 Å². The van der Waals surface area contributed by atoms with Gasteiger partial charge in [-0.15, -0.1) is 0 Å². The van der Waals surface area contributed by atoms with Crippen LogP contribution in [0.15, 0.2) is 77.7 Å². The average Bonchev–Trinajstić information content (AvgIpc) is 3.35. The van der Waals surface area contributed by atoms with E-state index < -0.39 is 32.7 Å². The first kappa shape index (κ1) is 30.2. The van der Waals surface area contributed by atoms with Gasteiger partial charge in [0.1, 0.15) is 0 Å². The first-order valence-electron chi connectivity index (χ1n) is 14.0. The SMILES string of the molecule is CN1CCN(Cc2ccc3c(c2)CC[C@H]3NC(=O)C[C@@H](NS(=O)(=O)c2cccc(C(F)(F)F)c2)c2ccccc2)CC1. The predicted molar refractivity (Wildman–Crippen MR) is 154 cm³/mol. The summed E-state index contributed by atoms with van der Waals surface area (Å²) >= 11 is 0. The third-order valence-corrected chi connectivity index (χ3v) is 9.45. The Kier molecular flexibility index (Phi) is 9.03. The molecule has 0 unspecified atom stereocenters. The molecule has 1 amide bonds.